The summed E-state index contributed by atoms with van der Waals surface area (Å²) in [5.74, 6) is 1.44. The highest BCUT2D eigenvalue weighted by Gasteiger charge is 2.19. The standard InChI is InChI=1S/C21H28N2O6S/c1-6-18(29-17-10-8-16(9-11-17)23(2)30(5,25)26)21(24)22-14-15-7-12-19(27-3)20(13-15)28-4/h7-13,18H,6,14H2,1-5H3,(H,22,24)/t18-/m0/s1. The van der Waals surface area contributed by atoms with Gasteiger partial charge in [-0.05, 0) is 48.4 Å². The Morgan fingerprint density at radius 3 is 2.23 bits per heavy atom. The van der Waals surface area contributed by atoms with Gasteiger partial charge in [0.15, 0.2) is 17.6 Å². The van der Waals surface area contributed by atoms with Crippen molar-refractivity contribution in [2.45, 2.75) is 26.0 Å². The maximum Gasteiger partial charge on any atom is 0.261 e. The van der Waals surface area contributed by atoms with E-state index in [4.69, 9.17) is 14.2 Å². The van der Waals surface area contributed by atoms with Crippen LogP contribution in [0.5, 0.6) is 17.2 Å². The monoisotopic (exact) mass is 436 g/mol. The third-order valence-corrected chi connectivity index (χ3v) is 5.76. The molecule has 0 aliphatic rings. The fourth-order valence-corrected chi connectivity index (χ4v) is 3.21. The zero-order valence-corrected chi connectivity index (χ0v) is 18.7. The first-order valence-corrected chi connectivity index (χ1v) is 11.2. The fourth-order valence-electron chi connectivity index (χ4n) is 2.71. The molecule has 0 fully saturated rings. The Balaban J connectivity index is 2.00. The van der Waals surface area contributed by atoms with Crippen molar-refractivity contribution in [3.8, 4) is 17.2 Å². The van der Waals surface area contributed by atoms with E-state index in [1.807, 2.05) is 13.0 Å². The molecule has 0 aromatic heterocycles. The molecule has 9 heteroatoms. The summed E-state index contributed by atoms with van der Waals surface area (Å²) >= 11 is 0. The maximum absolute atomic E-state index is 12.6. The van der Waals surface area contributed by atoms with E-state index in [-0.39, 0.29) is 5.91 Å². The van der Waals surface area contributed by atoms with E-state index in [9.17, 15) is 13.2 Å². The van der Waals surface area contributed by atoms with Crippen LogP contribution in [0.25, 0.3) is 0 Å². The lowest BCUT2D eigenvalue weighted by Crippen LogP contribution is -2.37. The summed E-state index contributed by atoms with van der Waals surface area (Å²) in [6, 6.07) is 12.0. The number of hydrogen-bond donors (Lipinski definition) is 1. The largest absolute Gasteiger partial charge is 0.493 e. The molecule has 0 saturated carbocycles. The predicted octanol–water partition coefficient (Wildman–Crippen LogP) is 2.57. The van der Waals surface area contributed by atoms with E-state index in [2.05, 4.69) is 5.32 Å². The molecular formula is C21H28N2O6S. The number of carbonyl (C=O) groups is 1. The number of hydrogen-bond acceptors (Lipinski definition) is 6. The Morgan fingerprint density at radius 2 is 1.70 bits per heavy atom. The van der Waals surface area contributed by atoms with E-state index in [0.29, 0.717) is 35.9 Å². The zero-order valence-electron chi connectivity index (χ0n) is 17.8. The summed E-state index contributed by atoms with van der Waals surface area (Å²) in [5, 5.41) is 2.86. The van der Waals surface area contributed by atoms with E-state index >= 15 is 0 Å². The Bertz CT molecular complexity index is 960. The van der Waals surface area contributed by atoms with Crippen LogP contribution in [0.2, 0.25) is 0 Å². The number of benzene rings is 2. The number of ether oxygens (including phenoxy) is 3. The molecule has 0 unspecified atom stereocenters. The second-order valence-corrected chi connectivity index (χ2v) is 8.66. The van der Waals surface area contributed by atoms with Gasteiger partial charge in [-0.2, -0.15) is 0 Å². The highest BCUT2D eigenvalue weighted by atomic mass is 32.2. The molecule has 0 heterocycles. The highest BCUT2D eigenvalue weighted by Crippen LogP contribution is 2.27. The molecule has 2 rings (SSSR count). The number of nitrogens with zero attached hydrogens (tertiary/aromatic N) is 1. The normalized spacial score (nSPS) is 12.0. The molecule has 0 aliphatic carbocycles. The number of nitrogens with one attached hydrogen (secondary N) is 1. The summed E-state index contributed by atoms with van der Waals surface area (Å²) in [6.07, 6.45) is 0.930. The summed E-state index contributed by atoms with van der Waals surface area (Å²) < 4.78 is 40.7. The second kappa shape index (κ2) is 10.2. The van der Waals surface area contributed by atoms with Crippen molar-refractivity contribution in [1.29, 1.82) is 0 Å². The molecular weight excluding hydrogens is 408 g/mol. The van der Waals surface area contributed by atoms with Crippen molar-refractivity contribution in [2.24, 2.45) is 0 Å². The number of carbonyl (C=O) groups excluding carboxylic acids is 1. The van der Waals surface area contributed by atoms with Crippen molar-refractivity contribution in [2.75, 3.05) is 31.8 Å². The van der Waals surface area contributed by atoms with E-state index in [1.165, 1.54) is 11.4 Å². The van der Waals surface area contributed by atoms with E-state index in [0.717, 1.165) is 11.8 Å². The minimum atomic E-state index is -3.34. The summed E-state index contributed by atoms with van der Waals surface area (Å²) in [6.45, 7) is 2.17. The molecule has 2 aromatic carbocycles. The molecule has 0 saturated heterocycles. The third-order valence-electron chi connectivity index (χ3n) is 4.55. The van der Waals surface area contributed by atoms with Crippen LogP contribution in [0.3, 0.4) is 0 Å². The van der Waals surface area contributed by atoms with Gasteiger partial charge in [-0.15, -0.1) is 0 Å². The molecule has 0 spiro atoms. The van der Waals surface area contributed by atoms with Crippen LogP contribution in [0.4, 0.5) is 5.69 Å². The molecule has 30 heavy (non-hydrogen) atoms. The van der Waals surface area contributed by atoms with E-state index < -0.39 is 16.1 Å². The van der Waals surface area contributed by atoms with Crippen LogP contribution in [0.15, 0.2) is 42.5 Å². The SMILES string of the molecule is CC[C@H](Oc1ccc(N(C)S(C)(=O)=O)cc1)C(=O)NCc1ccc(OC)c(OC)c1. The molecule has 2 aromatic rings. The molecule has 164 valence electrons. The molecule has 0 bridgehead atoms. The van der Waals surface area contributed by atoms with Gasteiger partial charge in [0.1, 0.15) is 5.75 Å². The lowest BCUT2D eigenvalue weighted by Gasteiger charge is -2.19. The minimum absolute atomic E-state index is 0.246. The fraction of sp³-hybridized carbons (Fsp3) is 0.381. The van der Waals surface area contributed by atoms with Gasteiger partial charge in [0.2, 0.25) is 10.0 Å². The molecule has 1 N–H and O–H groups in total. The summed E-state index contributed by atoms with van der Waals surface area (Å²) in [4.78, 5) is 12.6. The summed E-state index contributed by atoms with van der Waals surface area (Å²) in [5.41, 5.74) is 1.37. The Morgan fingerprint density at radius 1 is 1.07 bits per heavy atom. The second-order valence-electron chi connectivity index (χ2n) is 6.65. The lowest BCUT2D eigenvalue weighted by molar-refractivity contribution is -0.128. The van der Waals surface area contributed by atoms with Gasteiger partial charge in [0, 0.05) is 13.6 Å². The first kappa shape index (κ1) is 23.3. The highest BCUT2D eigenvalue weighted by molar-refractivity contribution is 7.92. The van der Waals surface area contributed by atoms with E-state index in [1.54, 1.807) is 50.6 Å². The van der Waals surface area contributed by atoms with Crippen LogP contribution in [0.1, 0.15) is 18.9 Å². The number of anilines is 1. The van der Waals surface area contributed by atoms with Crippen LogP contribution in [-0.2, 0) is 21.4 Å². The van der Waals surface area contributed by atoms with Crippen molar-refractivity contribution in [3.63, 3.8) is 0 Å². The van der Waals surface area contributed by atoms with Crippen LogP contribution >= 0.6 is 0 Å². The van der Waals surface area contributed by atoms with Crippen LogP contribution in [0, 0.1) is 0 Å². The molecule has 8 nitrogen and oxygen atoms in total. The molecule has 1 amide bonds. The van der Waals surface area contributed by atoms with Gasteiger partial charge < -0.3 is 19.5 Å². The number of sulfonamides is 1. The van der Waals surface area contributed by atoms with Crippen LogP contribution < -0.4 is 23.8 Å². The first-order valence-electron chi connectivity index (χ1n) is 9.38. The van der Waals surface area contributed by atoms with Gasteiger partial charge in [-0.1, -0.05) is 13.0 Å². The zero-order chi connectivity index (χ0) is 22.3. The topological polar surface area (TPSA) is 94.2 Å². The van der Waals surface area contributed by atoms with Gasteiger partial charge in [0.05, 0.1) is 26.2 Å². The lowest BCUT2D eigenvalue weighted by atomic mass is 10.2. The van der Waals surface area contributed by atoms with Gasteiger partial charge in [0.25, 0.3) is 5.91 Å². The number of amides is 1. The van der Waals surface area contributed by atoms with Crippen molar-refractivity contribution in [3.05, 3.63) is 48.0 Å². The van der Waals surface area contributed by atoms with Crippen molar-refractivity contribution in [1.82, 2.24) is 5.32 Å². The third kappa shape index (κ3) is 6.03. The van der Waals surface area contributed by atoms with Crippen molar-refractivity contribution < 1.29 is 27.4 Å². The molecule has 0 radical (unpaired) electrons. The average Bonchev–Trinajstić information content (AvgIpc) is 2.74. The predicted molar refractivity (Wildman–Crippen MR) is 116 cm³/mol. The molecule has 1 atom stereocenters. The maximum atomic E-state index is 12.6. The minimum Gasteiger partial charge on any atom is -0.493 e. The van der Waals surface area contributed by atoms with Crippen molar-refractivity contribution >= 4 is 21.6 Å². The number of rotatable bonds is 10. The number of methoxy groups -OCH3 is 2. The Labute approximate surface area is 177 Å². The van der Waals surface area contributed by atoms with Gasteiger partial charge >= 0.3 is 0 Å². The van der Waals surface area contributed by atoms with Gasteiger partial charge in [-0.3, -0.25) is 9.10 Å². The smallest absolute Gasteiger partial charge is 0.261 e. The van der Waals surface area contributed by atoms with Gasteiger partial charge in [-0.25, -0.2) is 8.42 Å². The first-order chi connectivity index (χ1) is 14.2. The quantitative estimate of drug-likeness (QED) is 0.615. The molecule has 0 aliphatic heterocycles. The Hall–Kier alpha value is -2.94. The average molecular weight is 437 g/mol. The Kier molecular flexibility index (Phi) is 7.93. The van der Waals surface area contributed by atoms with Crippen LogP contribution in [-0.4, -0.2) is 48.0 Å². The summed E-state index contributed by atoms with van der Waals surface area (Å²) in [7, 11) is 1.25.